The van der Waals surface area contributed by atoms with Gasteiger partial charge in [-0.25, -0.2) is 0 Å². The summed E-state index contributed by atoms with van der Waals surface area (Å²) in [6, 6.07) is 0.298. The molecule has 0 aromatic heterocycles. The van der Waals surface area contributed by atoms with Crippen LogP contribution in [0, 0.1) is 0 Å². The first-order chi connectivity index (χ1) is 6.65. The van der Waals surface area contributed by atoms with Gasteiger partial charge < -0.3 is 4.90 Å². The van der Waals surface area contributed by atoms with E-state index >= 15 is 0 Å². The van der Waals surface area contributed by atoms with Crippen LogP contribution in [0.15, 0.2) is 0 Å². The predicted octanol–water partition coefficient (Wildman–Crippen LogP) is 1.76. The average Bonchev–Trinajstić information content (AvgIpc) is 2.18. The third-order valence-corrected chi connectivity index (χ3v) is 2.92. The zero-order valence-electron chi connectivity index (χ0n) is 9.08. The lowest BCUT2D eigenvalue weighted by Crippen LogP contribution is -2.39. The molecule has 1 aliphatic rings. The number of amides is 1. The Morgan fingerprint density at radius 3 is 2.50 bits per heavy atom. The standard InChI is InChI=1S/C11H19NO2/c1-3-4-11(14)12(2)9-5-7-10(13)8-6-9/h9H,3-8H2,1-2H3. The summed E-state index contributed by atoms with van der Waals surface area (Å²) in [7, 11) is 1.86. The first-order valence-electron chi connectivity index (χ1n) is 5.42. The average molecular weight is 197 g/mol. The number of nitrogens with zero attached hydrogens (tertiary/aromatic N) is 1. The topological polar surface area (TPSA) is 37.4 Å². The minimum absolute atomic E-state index is 0.215. The quantitative estimate of drug-likeness (QED) is 0.691. The van der Waals surface area contributed by atoms with E-state index in [1.807, 2.05) is 18.9 Å². The molecule has 0 unspecified atom stereocenters. The Labute approximate surface area is 85.5 Å². The molecular formula is C11H19NO2. The maximum Gasteiger partial charge on any atom is 0.222 e. The predicted molar refractivity (Wildman–Crippen MR) is 54.9 cm³/mol. The van der Waals surface area contributed by atoms with Gasteiger partial charge in [-0.2, -0.15) is 0 Å². The normalized spacial score (nSPS) is 18.3. The van der Waals surface area contributed by atoms with Gasteiger partial charge in [-0.05, 0) is 19.3 Å². The largest absolute Gasteiger partial charge is 0.343 e. The maximum atomic E-state index is 11.6. The smallest absolute Gasteiger partial charge is 0.222 e. The lowest BCUT2D eigenvalue weighted by molar-refractivity contribution is -0.134. The Hall–Kier alpha value is -0.860. The summed E-state index contributed by atoms with van der Waals surface area (Å²) in [6.07, 6.45) is 4.52. The summed E-state index contributed by atoms with van der Waals surface area (Å²) in [5.41, 5.74) is 0. The Bertz CT molecular complexity index is 215. The first kappa shape index (κ1) is 11.2. The molecule has 3 nitrogen and oxygen atoms in total. The van der Waals surface area contributed by atoms with E-state index in [9.17, 15) is 9.59 Å². The van der Waals surface area contributed by atoms with E-state index in [0.29, 0.717) is 31.1 Å². The van der Waals surface area contributed by atoms with Crippen LogP contribution in [0.2, 0.25) is 0 Å². The van der Waals surface area contributed by atoms with Crippen molar-refractivity contribution < 1.29 is 9.59 Å². The minimum atomic E-state index is 0.215. The molecule has 1 amide bonds. The summed E-state index contributed by atoms with van der Waals surface area (Å²) in [5.74, 6) is 0.560. The van der Waals surface area contributed by atoms with Crippen molar-refractivity contribution in [1.29, 1.82) is 0 Å². The molecule has 0 bridgehead atoms. The lowest BCUT2D eigenvalue weighted by atomic mass is 9.93. The van der Waals surface area contributed by atoms with E-state index in [0.717, 1.165) is 19.3 Å². The highest BCUT2D eigenvalue weighted by Gasteiger charge is 2.24. The lowest BCUT2D eigenvalue weighted by Gasteiger charge is -2.30. The van der Waals surface area contributed by atoms with Crippen molar-refractivity contribution in [3.05, 3.63) is 0 Å². The Balaban J connectivity index is 2.40. The van der Waals surface area contributed by atoms with Crippen LogP contribution in [0.5, 0.6) is 0 Å². The van der Waals surface area contributed by atoms with E-state index in [1.165, 1.54) is 0 Å². The highest BCUT2D eigenvalue weighted by atomic mass is 16.2. The van der Waals surface area contributed by atoms with Crippen LogP contribution in [0.4, 0.5) is 0 Å². The Kier molecular flexibility index (Phi) is 4.11. The second-order valence-electron chi connectivity index (χ2n) is 4.02. The van der Waals surface area contributed by atoms with Crippen molar-refractivity contribution >= 4 is 11.7 Å². The van der Waals surface area contributed by atoms with Crippen LogP contribution >= 0.6 is 0 Å². The monoisotopic (exact) mass is 197 g/mol. The molecule has 0 aliphatic heterocycles. The van der Waals surface area contributed by atoms with Gasteiger partial charge in [0, 0.05) is 32.4 Å². The summed E-state index contributed by atoms with van der Waals surface area (Å²) < 4.78 is 0. The van der Waals surface area contributed by atoms with Crippen molar-refractivity contribution in [2.75, 3.05) is 7.05 Å². The number of Topliss-reactive ketones (excluding diaryl/α,β-unsaturated/α-hetero) is 1. The first-order valence-corrected chi connectivity index (χ1v) is 5.42. The van der Waals surface area contributed by atoms with Gasteiger partial charge in [-0.1, -0.05) is 6.92 Å². The molecule has 0 saturated heterocycles. The number of hydrogen-bond acceptors (Lipinski definition) is 2. The van der Waals surface area contributed by atoms with Crippen molar-refractivity contribution in [2.24, 2.45) is 0 Å². The van der Waals surface area contributed by atoms with Crippen LogP contribution in [-0.4, -0.2) is 29.7 Å². The van der Waals surface area contributed by atoms with Crippen molar-refractivity contribution in [1.82, 2.24) is 4.90 Å². The molecule has 0 atom stereocenters. The highest BCUT2D eigenvalue weighted by molar-refractivity contribution is 5.80. The number of rotatable bonds is 3. The molecule has 1 fully saturated rings. The molecule has 1 rings (SSSR count). The summed E-state index contributed by atoms with van der Waals surface area (Å²) in [6.45, 7) is 2.01. The molecule has 0 N–H and O–H groups in total. The summed E-state index contributed by atoms with van der Waals surface area (Å²) in [5, 5.41) is 0. The van der Waals surface area contributed by atoms with Crippen molar-refractivity contribution in [3.63, 3.8) is 0 Å². The van der Waals surface area contributed by atoms with Crippen LogP contribution < -0.4 is 0 Å². The minimum Gasteiger partial charge on any atom is -0.343 e. The van der Waals surface area contributed by atoms with E-state index in [4.69, 9.17) is 0 Å². The Morgan fingerprint density at radius 1 is 1.43 bits per heavy atom. The van der Waals surface area contributed by atoms with Crippen LogP contribution in [-0.2, 0) is 9.59 Å². The molecule has 80 valence electrons. The molecule has 1 saturated carbocycles. The third kappa shape index (κ3) is 2.82. The molecule has 0 spiro atoms. The molecular weight excluding hydrogens is 178 g/mol. The zero-order valence-corrected chi connectivity index (χ0v) is 9.08. The molecule has 14 heavy (non-hydrogen) atoms. The van der Waals surface area contributed by atoms with Crippen LogP contribution in [0.3, 0.4) is 0 Å². The van der Waals surface area contributed by atoms with Gasteiger partial charge in [-0.3, -0.25) is 9.59 Å². The molecule has 0 radical (unpaired) electrons. The van der Waals surface area contributed by atoms with Crippen LogP contribution in [0.1, 0.15) is 45.4 Å². The van der Waals surface area contributed by atoms with Gasteiger partial charge >= 0.3 is 0 Å². The number of ketones is 1. The van der Waals surface area contributed by atoms with Gasteiger partial charge in [0.25, 0.3) is 0 Å². The molecule has 3 heteroatoms. The van der Waals surface area contributed by atoms with E-state index in [-0.39, 0.29) is 5.91 Å². The fourth-order valence-electron chi connectivity index (χ4n) is 1.91. The number of carbonyl (C=O) groups excluding carboxylic acids is 2. The van der Waals surface area contributed by atoms with Crippen LogP contribution in [0.25, 0.3) is 0 Å². The molecule has 0 aromatic carbocycles. The second-order valence-corrected chi connectivity index (χ2v) is 4.02. The number of carbonyl (C=O) groups is 2. The second kappa shape index (κ2) is 5.13. The summed E-state index contributed by atoms with van der Waals surface area (Å²) >= 11 is 0. The van der Waals surface area contributed by atoms with Crippen molar-refractivity contribution in [2.45, 2.75) is 51.5 Å². The van der Waals surface area contributed by atoms with Gasteiger partial charge in [-0.15, -0.1) is 0 Å². The third-order valence-electron chi connectivity index (χ3n) is 2.92. The van der Waals surface area contributed by atoms with E-state index in [2.05, 4.69) is 0 Å². The molecule has 1 aliphatic carbocycles. The fraction of sp³-hybridized carbons (Fsp3) is 0.818. The van der Waals surface area contributed by atoms with Gasteiger partial charge in [0.05, 0.1) is 0 Å². The van der Waals surface area contributed by atoms with Gasteiger partial charge in [0.2, 0.25) is 5.91 Å². The summed E-state index contributed by atoms with van der Waals surface area (Å²) in [4.78, 5) is 24.4. The molecule has 0 aromatic rings. The SMILES string of the molecule is CCCC(=O)N(C)C1CCC(=O)CC1. The fourth-order valence-corrected chi connectivity index (χ4v) is 1.91. The maximum absolute atomic E-state index is 11.6. The Morgan fingerprint density at radius 2 is 2.00 bits per heavy atom. The van der Waals surface area contributed by atoms with Crippen molar-refractivity contribution in [3.8, 4) is 0 Å². The highest BCUT2D eigenvalue weighted by Crippen LogP contribution is 2.20. The zero-order chi connectivity index (χ0) is 10.6. The van der Waals surface area contributed by atoms with Gasteiger partial charge in [0.1, 0.15) is 5.78 Å². The van der Waals surface area contributed by atoms with Gasteiger partial charge in [0.15, 0.2) is 0 Å². The molecule has 0 heterocycles. The number of hydrogen-bond donors (Lipinski definition) is 0. The van der Waals surface area contributed by atoms with E-state index in [1.54, 1.807) is 0 Å². The van der Waals surface area contributed by atoms with E-state index < -0.39 is 0 Å².